The number of rotatable bonds is 5. The molecule has 0 saturated carbocycles. The molecule has 0 spiro atoms. The fourth-order valence-corrected chi connectivity index (χ4v) is 3.15. The van der Waals surface area contributed by atoms with Crippen LogP contribution >= 0.6 is 15.9 Å². The lowest BCUT2D eigenvalue weighted by Crippen LogP contribution is -2.41. The summed E-state index contributed by atoms with van der Waals surface area (Å²) in [5, 5.41) is 12.4. The van der Waals surface area contributed by atoms with Crippen molar-refractivity contribution >= 4 is 27.6 Å². The summed E-state index contributed by atoms with van der Waals surface area (Å²) < 4.78 is 0.918. The maximum absolute atomic E-state index is 9.21. The molecule has 2 N–H and O–H groups in total. The fourth-order valence-electron chi connectivity index (χ4n) is 2.58. The van der Waals surface area contributed by atoms with Gasteiger partial charge in [0.15, 0.2) is 0 Å². The minimum absolute atomic E-state index is 0.226. The highest BCUT2D eigenvalue weighted by molar-refractivity contribution is 9.10. The summed E-state index contributed by atoms with van der Waals surface area (Å²) in [6.07, 6.45) is 5.92. The number of piperidine rings is 1. The Morgan fingerprint density at radius 1 is 1.47 bits per heavy atom. The number of aliphatic hydroxyl groups is 1. The van der Waals surface area contributed by atoms with E-state index in [9.17, 15) is 5.11 Å². The normalized spacial score (nSPS) is 19.5. The smallest absolute Gasteiger partial charge is 0.148 e. The van der Waals surface area contributed by atoms with Crippen LogP contribution in [-0.2, 0) is 0 Å². The van der Waals surface area contributed by atoms with E-state index in [0.29, 0.717) is 6.04 Å². The molecule has 1 saturated heterocycles. The lowest BCUT2D eigenvalue weighted by atomic mass is 10.00. The number of nitrogens with one attached hydrogen (secondary N) is 1. The largest absolute Gasteiger partial charge is 0.396 e. The first-order valence-electron chi connectivity index (χ1n) is 6.89. The van der Waals surface area contributed by atoms with Crippen molar-refractivity contribution in [3.05, 3.63) is 10.8 Å². The van der Waals surface area contributed by atoms with E-state index >= 15 is 0 Å². The van der Waals surface area contributed by atoms with Crippen molar-refractivity contribution in [2.45, 2.75) is 38.6 Å². The molecule has 2 rings (SSSR count). The molecule has 106 valence electrons. The number of halogens is 1. The van der Waals surface area contributed by atoms with Gasteiger partial charge in [-0.2, -0.15) is 0 Å². The van der Waals surface area contributed by atoms with Crippen LogP contribution in [-0.4, -0.2) is 40.8 Å². The van der Waals surface area contributed by atoms with Gasteiger partial charge in [-0.1, -0.05) is 0 Å². The molecule has 0 aliphatic carbocycles. The molecule has 0 radical (unpaired) electrons. The van der Waals surface area contributed by atoms with Crippen molar-refractivity contribution in [1.29, 1.82) is 0 Å². The summed E-state index contributed by atoms with van der Waals surface area (Å²) in [5.74, 6) is 1.77. The van der Waals surface area contributed by atoms with Crippen LogP contribution in [0.3, 0.4) is 0 Å². The molecule has 1 aliphatic heterocycles. The first-order chi connectivity index (χ1) is 9.27. The van der Waals surface area contributed by atoms with Gasteiger partial charge in [0.2, 0.25) is 0 Å². The molecule has 1 atom stereocenters. The van der Waals surface area contributed by atoms with Gasteiger partial charge in [0.25, 0.3) is 0 Å². The van der Waals surface area contributed by atoms with Crippen LogP contribution in [0.15, 0.2) is 10.8 Å². The van der Waals surface area contributed by atoms with E-state index in [4.69, 9.17) is 0 Å². The van der Waals surface area contributed by atoms with Crippen molar-refractivity contribution in [3.8, 4) is 0 Å². The van der Waals surface area contributed by atoms with Crippen LogP contribution in [0.2, 0.25) is 0 Å². The quantitative estimate of drug-likeness (QED) is 0.869. The van der Waals surface area contributed by atoms with Gasteiger partial charge >= 0.3 is 0 Å². The molecular weight excluding hydrogens is 308 g/mol. The molecule has 1 aromatic heterocycles. The van der Waals surface area contributed by atoms with Crippen LogP contribution in [0.1, 0.15) is 32.6 Å². The molecule has 6 heteroatoms. The van der Waals surface area contributed by atoms with Crippen molar-refractivity contribution in [2.24, 2.45) is 0 Å². The summed E-state index contributed by atoms with van der Waals surface area (Å²) in [4.78, 5) is 11.0. The second-order valence-corrected chi connectivity index (χ2v) is 5.54. The minimum Gasteiger partial charge on any atom is -0.396 e. The Morgan fingerprint density at radius 3 is 3.05 bits per heavy atom. The molecular formula is C13H21BrN4O. The zero-order valence-electron chi connectivity index (χ0n) is 11.3. The maximum atomic E-state index is 9.21. The third-order valence-electron chi connectivity index (χ3n) is 3.48. The van der Waals surface area contributed by atoms with E-state index in [1.54, 1.807) is 6.33 Å². The SMILES string of the molecule is CCNc1ncnc(N2CCCCC2CCO)c1Br. The Balaban J connectivity index is 2.25. The summed E-state index contributed by atoms with van der Waals surface area (Å²) in [6, 6.07) is 0.374. The van der Waals surface area contributed by atoms with E-state index in [1.807, 2.05) is 6.92 Å². The number of nitrogens with zero attached hydrogens (tertiary/aromatic N) is 3. The molecule has 1 aliphatic rings. The van der Waals surface area contributed by atoms with E-state index in [-0.39, 0.29) is 6.61 Å². The van der Waals surface area contributed by atoms with Crippen molar-refractivity contribution in [3.63, 3.8) is 0 Å². The molecule has 5 nitrogen and oxygen atoms in total. The van der Waals surface area contributed by atoms with Crippen LogP contribution < -0.4 is 10.2 Å². The lowest BCUT2D eigenvalue weighted by molar-refractivity contribution is 0.262. The molecule has 0 aromatic carbocycles. The van der Waals surface area contributed by atoms with Crippen molar-refractivity contribution in [2.75, 3.05) is 29.9 Å². The number of hydrogen-bond acceptors (Lipinski definition) is 5. The highest BCUT2D eigenvalue weighted by Crippen LogP contribution is 2.33. The molecule has 1 aromatic rings. The third-order valence-corrected chi connectivity index (χ3v) is 4.21. The van der Waals surface area contributed by atoms with E-state index in [1.165, 1.54) is 12.8 Å². The lowest BCUT2D eigenvalue weighted by Gasteiger charge is -2.37. The molecule has 2 heterocycles. The Hall–Kier alpha value is -0.880. The summed E-state index contributed by atoms with van der Waals surface area (Å²) in [7, 11) is 0. The Kier molecular flexibility index (Phi) is 5.39. The standard InChI is InChI=1S/C13H21BrN4O/c1-2-15-12-11(14)13(17-9-16-12)18-7-4-3-5-10(18)6-8-19/h9-10,19H,2-8H2,1H3,(H,15,16,17). The Morgan fingerprint density at radius 2 is 2.32 bits per heavy atom. The summed E-state index contributed by atoms with van der Waals surface area (Å²) in [5.41, 5.74) is 0. The van der Waals surface area contributed by atoms with Gasteiger partial charge in [-0.3, -0.25) is 0 Å². The average Bonchev–Trinajstić information content (AvgIpc) is 2.43. The van der Waals surface area contributed by atoms with E-state index in [0.717, 1.165) is 42.0 Å². The predicted octanol–water partition coefficient (Wildman–Crippen LogP) is 2.41. The van der Waals surface area contributed by atoms with Gasteiger partial charge in [-0.25, -0.2) is 9.97 Å². The summed E-state index contributed by atoms with van der Waals surface area (Å²) >= 11 is 3.60. The van der Waals surface area contributed by atoms with Gasteiger partial charge in [0.05, 0.1) is 0 Å². The molecule has 0 bridgehead atoms. The monoisotopic (exact) mass is 328 g/mol. The zero-order valence-corrected chi connectivity index (χ0v) is 12.9. The zero-order chi connectivity index (χ0) is 13.7. The minimum atomic E-state index is 0.226. The number of aromatic nitrogens is 2. The third kappa shape index (κ3) is 3.36. The van der Waals surface area contributed by atoms with Gasteiger partial charge in [0.1, 0.15) is 22.4 Å². The first-order valence-corrected chi connectivity index (χ1v) is 7.69. The number of aliphatic hydroxyl groups excluding tert-OH is 1. The predicted molar refractivity (Wildman–Crippen MR) is 80.6 cm³/mol. The number of hydrogen-bond donors (Lipinski definition) is 2. The topological polar surface area (TPSA) is 61.3 Å². The van der Waals surface area contributed by atoms with Gasteiger partial charge in [0, 0.05) is 25.7 Å². The Bertz CT molecular complexity index is 414. The molecule has 1 fully saturated rings. The maximum Gasteiger partial charge on any atom is 0.148 e. The molecule has 0 amide bonds. The van der Waals surface area contributed by atoms with Gasteiger partial charge < -0.3 is 15.3 Å². The highest BCUT2D eigenvalue weighted by Gasteiger charge is 2.25. The van der Waals surface area contributed by atoms with Crippen molar-refractivity contribution < 1.29 is 5.11 Å². The van der Waals surface area contributed by atoms with E-state index < -0.39 is 0 Å². The second-order valence-electron chi connectivity index (χ2n) is 4.75. The van der Waals surface area contributed by atoms with Gasteiger partial charge in [-0.15, -0.1) is 0 Å². The first kappa shape index (κ1) is 14.5. The van der Waals surface area contributed by atoms with Gasteiger partial charge in [-0.05, 0) is 48.5 Å². The van der Waals surface area contributed by atoms with Crippen LogP contribution in [0.5, 0.6) is 0 Å². The van der Waals surface area contributed by atoms with Crippen LogP contribution in [0.4, 0.5) is 11.6 Å². The van der Waals surface area contributed by atoms with Crippen LogP contribution in [0.25, 0.3) is 0 Å². The second kappa shape index (κ2) is 7.05. The Labute approximate surface area is 122 Å². The fraction of sp³-hybridized carbons (Fsp3) is 0.692. The molecule has 1 unspecified atom stereocenters. The average molecular weight is 329 g/mol. The van der Waals surface area contributed by atoms with Crippen molar-refractivity contribution in [1.82, 2.24) is 9.97 Å². The number of anilines is 2. The molecule has 19 heavy (non-hydrogen) atoms. The highest BCUT2D eigenvalue weighted by atomic mass is 79.9. The summed E-state index contributed by atoms with van der Waals surface area (Å²) in [6.45, 7) is 4.09. The van der Waals surface area contributed by atoms with Crippen LogP contribution in [0, 0.1) is 0 Å². The van der Waals surface area contributed by atoms with E-state index in [2.05, 4.69) is 36.1 Å².